The summed E-state index contributed by atoms with van der Waals surface area (Å²) in [5.41, 5.74) is 2.64. The zero-order valence-electron chi connectivity index (χ0n) is 9.59. The standard InChI is InChI=1S/C12H8BrN5O/c13-11-5-14-10(4-15-11)12(19)18-7-1-2-8-9(3-7)17-6-16-8/h1-6H,(H,16,17)(H,18,19). The van der Waals surface area contributed by atoms with E-state index < -0.39 is 0 Å². The number of nitrogens with one attached hydrogen (secondary N) is 2. The maximum absolute atomic E-state index is 11.9. The van der Waals surface area contributed by atoms with Crippen LogP contribution in [-0.4, -0.2) is 25.8 Å². The molecular formula is C12H8BrN5O. The van der Waals surface area contributed by atoms with Crippen LogP contribution in [0.1, 0.15) is 10.5 Å². The van der Waals surface area contributed by atoms with E-state index >= 15 is 0 Å². The predicted molar refractivity (Wildman–Crippen MR) is 73.8 cm³/mol. The molecule has 3 aromatic rings. The number of carbonyl (C=O) groups is 1. The van der Waals surface area contributed by atoms with Crippen molar-refractivity contribution in [3.05, 3.63) is 47.2 Å². The third kappa shape index (κ3) is 2.45. The number of hydrogen-bond acceptors (Lipinski definition) is 4. The van der Waals surface area contributed by atoms with E-state index in [0.717, 1.165) is 11.0 Å². The van der Waals surface area contributed by atoms with Crippen LogP contribution >= 0.6 is 15.9 Å². The van der Waals surface area contributed by atoms with Gasteiger partial charge in [0.1, 0.15) is 10.3 Å². The molecule has 0 saturated carbocycles. The largest absolute Gasteiger partial charge is 0.345 e. The quantitative estimate of drug-likeness (QED) is 0.760. The number of rotatable bonds is 2. The fraction of sp³-hybridized carbons (Fsp3) is 0. The van der Waals surface area contributed by atoms with Crippen LogP contribution in [0, 0.1) is 0 Å². The first-order valence-corrected chi connectivity index (χ1v) is 6.24. The van der Waals surface area contributed by atoms with Crippen LogP contribution in [0.3, 0.4) is 0 Å². The fourth-order valence-corrected chi connectivity index (χ4v) is 1.84. The molecule has 2 N–H and O–H groups in total. The Hall–Kier alpha value is -2.28. The third-order valence-electron chi connectivity index (χ3n) is 2.53. The van der Waals surface area contributed by atoms with Crippen molar-refractivity contribution in [2.75, 3.05) is 5.32 Å². The summed E-state index contributed by atoms with van der Waals surface area (Å²) in [6, 6.07) is 5.43. The Morgan fingerprint density at radius 1 is 1.21 bits per heavy atom. The van der Waals surface area contributed by atoms with Gasteiger partial charge in [0.15, 0.2) is 0 Å². The number of nitrogens with zero attached hydrogens (tertiary/aromatic N) is 3. The van der Waals surface area contributed by atoms with Crippen LogP contribution in [0.5, 0.6) is 0 Å². The average molecular weight is 318 g/mol. The van der Waals surface area contributed by atoms with Crippen molar-refractivity contribution >= 4 is 38.6 Å². The Kier molecular flexibility index (Phi) is 2.96. The van der Waals surface area contributed by atoms with Gasteiger partial charge in [0.25, 0.3) is 5.91 Å². The summed E-state index contributed by atoms with van der Waals surface area (Å²) in [4.78, 5) is 27.0. The Bertz CT molecular complexity index is 737. The van der Waals surface area contributed by atoms with Crippen molar-refractivity contribution in [1.82, 2.24) is 19.9 Å². The van der Waals surface area contributed by atoms with Crippen molar-refractivity contribution in [3.63, 3.8) is 0 Å². The van der Waals surface area contributed by atoms with E-state index in [0.29, 0.717) is 10.3 Å². The molecule has 7 heteroatoms. The smallest absolute Gasteiger partial charge is 0.275 e. The lowest BCUT2D eigenvalue weighted by molar-refractivity contribution is 0.102. The number of hydrogen-bond donors (Lipinski definition) is 2. The Morgan fingerprint density at radius 3 is 2.89 bits per heavy atom. The number of H-pyrrole nitrogens is 1. The number of imidazole rings is 1. The minimum absolute atomic E-state index is 0.257. The van der Waals surface area contributed by atoms with Gasteiger partial charge in [-0.2, -0.15) is 0 Å². The lowest BCUT2D eigenvalue weighted by Crippen LogP contribution is -2.13. The lowest BCUT2D eigenvalue weighted by atomic mass is 10.2. The van der Waals surface area contributed by atoms with Gasteiger partial charge in [0, 0.05) is 5.69 Å². The molecule has 0 aliphatic heterocycles. The van der Waals surface area contributed by atoms with Crippen LogP contribution in [-0.2, 0) is 0 Å². The molecule has 0 radical (unpaired) electrons. The van der Waals surface area contributed by atoms with Crippen molar-refractivity contribution in [1.29, 1.82) is 0 Å². The number of amides is 1. The summed E-state index contributed by atoms with van der Waals surface area (Å²) in [7, 11) is 0. The highest BCUT2D eigenvalue weighted by molar-refractivity contribution is 9.10. The van der Waals surface area contributed by atoms with Crippen molar-refractivity contribution in [2.24, 2.45) is 0 Å². The van der Waals surface area contributed by atoms with Gasteiger partial charge in [-0.1, -0.05) is 0 Å². The van der Waals surface area contributed by atoms with E-state index in [2.05, 4.69) is 41.2 Å². The van der Waals surface area contributed by atoms with Crippen molar-refractivity contribution < 1.29 is 4.79 Å². The number of halogens is 1. The predicted octanol–water partition coefficient (Wildman–Crippen LogP) is 2.37. The van der Waals surface area contributed by atoms with E-state index in [1.54, 1.807) is 12.4 Å². The second kappa shape index (κ2) is 4.77. The monoisotopic (exact) mass is 317 g/mol. The number of fused-ring (bicyclic) bond motifs is 1. The van der Waals surface area contributed by atoms with Gasteiger partial charge in [-0.05, 0) is 34.1 Å². The second-order valence-electron chi connectivity index (χ2n) is 3.81. The molecular weight excluding hydrogens is 310 g/mol. The molecule has 0 aliphatic carbocycles. The van der Waals surface area contributed by atoms with Crippen LogP contribution in [0.2, 0.25) is 0 Å². The maximum Gasteiger partial charge on any atom is 0.275 e. The van der Waals surface area contributed by atoms with Gasteiger partial charge in [-0.25, -0.2) is 15.0 Å². The minimum Gasteiger partial charge on any atom is -0.345 e. The molecule has 19 heavy (non-hydrogen) atoms. The molecule has 0 bridgehead atoms. The SMILES string of the molecule is O=C(Nc1ccc2nc[nH]c2c1)c1cnc(Br)cn1. The van der Waals surface area contributed by atoms with Gasteiger partial charge in [-0.3, -0.25) is 4.79 Å². The average Bonchev–Trinajstić information content (AvgIpc) is 2.87. The summed E-state index contributed by atoms with van der Waals surface area (Å²) in [6.07, 6.45) is 4.50. The zero-order valence-corrected chi connectivity index (χ0v) is 11.2. The fourth-order valence-electron chi connectivity index (χ4n) is 1.64. The molecule has 6 nitrogen and oxygen atoms in total. The summed E-state index contributed by atoms with van der Waals surface area (Å²) < 4.78 is 0.586. The molecule has 2 aromatic heterocycles. The molecule has 0 aliphatic rings. The Balaban J connectivity index is 1.83. The summed E-state index contributed by atoms with van der Waals surface area (Å²) in [5.74, 6) is -0.307. The lowest BCUT2D eigenvalue weighted by Gasteiger charge is -2.04. The van der Waals surface area contributed by atoms with Crippen molar-refractivity contribution in [2.45, 2.75) is 0 Å². The molecule has 2 heterocycles. The van der Waals surface area contributed by atoms with Gasteiger partial charge in [0.05, 0.1) is 29.8 Å². The van der Waals surface area contributed by atoms with Crippen LogP contribution in [0.4, 0.5) is 5.69 Å². The first kappa shape index (κ1) is 11.8. The van der Waals surface area contributed by atoms with Gasteiger partial charge in [-0.15, -0.1) is 0 Å². The van der Waals surface area contributed by atoms with Gasteiger partial charge >= 0.3 is 0 Å². The molecule has 1 aromatic carbocycles. The number of anilines is 1. The topological polar surface area (TPSA) is 83.6 Å². The van der Waals surface area contributed by atoms with Crippen molar-refractivity contribution in [3.8, 4) is 0 Å². The number of carbonyl (C=O) groups excluding carboxylic acids is 1. The molecule has 0 fully saturated rings. The number of benzene rings is 1. The summed E-state index contributed by atoms with van der Waals surface area (Å²) in [6.45, 7) is 0. The van der Waals surface area contributed by atoms with Gasteiger partial charge in [0.2, 0.25) is 0 Å². The molecule has 3 rings (SSSR count). The summed E-state index contributed by atoms with van der Waals surface area (Å²) in [5, 5.41) is 2.76. The molecule has 0 unspecified atom stereocenters. The van der Waals surface area contributed by atoms with Crippen LogP contribution in [0.25, 0.3) is 11.0 Å². The Labute approximate surface area is 116 Å². The van der Waals surface area contributed by atoms with E-state index in [4.69, 9.17) is 0 Å². The molecule has 94 valence electrons. The number of aromatic amines is 1. The summed E-state index contributed by atoms with van der Waals surface area (Å²) >= 11 is 3.17. The highest BCUT2D eigenvalue weighted by atomic mass is 79.9. The van der Waals surface area contributed by atoms with Crippen LogP contribution in [0.15, 0.2) is 41.5 Å². The van der Waals surface area contributed by atoms with Gasteiger partial charge < -0.3 is 10.3 Å². The molecule has 0 atom stereocenters. The molecule has 0 saturated heterocycles. The normalized spacial score (nSPS) is 10.6. The first-order valence-electron chi connectivity index (χ1n) is 5.44. The first-order chi connectivity index (χ1) is 9.22. The van der Waals surface area contributed by atoms with E-state index in [1.807, 2.05) is 12.1 Å². The Morgan fingerprint density at radius 2 is 2.11 bits per heavy atom. The second-order valence-corrected chi connectivity index (χ2v) is 4.63. The maximum atomic E-state index is 11.9. The third-order valence-corrected chi connectivity index (χ3v) is 2.94. The molecule has 1 amide bonds. The van der Waals surface area contributed by atoms with E-state index in [1.165, 1.54) is 12.4 Å². The number of aromatic nitrogens is 4. The van der Waals surface area contributed by atoms with E-state index in [-0.39, 0.29) is 11.6 Å². The molecule has 0 spiro atoms. The van der Waals surface area contributed by atoms with Crippen LogP contribution < -0.4 is 5.32 Å². The zero-order chi connectivity index (χ0) is 13.2. The minimum atomic E-state index is -0.307. The van der Waals surface area contributed by atoms with E-state index in [9.17, 15) is 4.79 Å². The highest BCUT2D eigenvalue weighted by Crippen LogP contribution is 2.16. The highest BCUT2D eigenvalue weighted by Gasteiger charge is 2.08.